The summed E-state index contributed by atoms with van der Waals surface area (Å²) in [5.41, 5.74) is 3.37. The Morgan fingerprint density at radius 2 is 2.00 bits per heavy atom. The normalized spacial score (nSPS) is 17.4. The molecular formula is C16H16ClN3. The molecule has 0 bridgehead atoms. The number of nitrogens with one attached hydrogen (secondary N) is 2. The number of hydrogen-bond donors (Lipinski definition) is 2. The van der Waals surface area contributed by atoms with Crippen LogP contribution in [0.2, 0.25) is 5.02 Å². The van der Waals surface area contributed by atoms with Gasteiger partial charge in [0.15, 0.2) is 0 Å². The van der Waals surface area contributed by atoms with Crippen molar-refractivity contribution in [1.29, 1.82) is 0 Å². The lowest BCUT2D eigenvalue weighted by Gasteiger charge is -2.22. The molecule has 1 aromatic carbocycles. The molecule has 0 unspecified atom stereocenters. The van der Waals surface area contributed by atoms with E-state index in [-0.39, 0.29) is 0 Å². The number of benzene rings is 1. The molecule has 2 N–H and O–H groups in total. The fraction of sp³-hybridized carbons (Fsp3) is 0.188. The summed E-state index contributed by atoms with van der Waals surface area (Å²) in [5, 5.41) is 7.35. The van der Waals surface area contributed by atoms with Crippen LogP contribution in [0.1, 0.15) is 5.56 Å². The molecule has 0 aliphatic carbocycles. The molecule has 20 heavy (non-hydrogen) atoms. The van der Waals surface area contributed by atoms with Gasteiger partial charge in [0.2, 0.25) is 0 Å². The Morgan fingerprint density at radius 1 is 1.15 bits per heavy atom. The molecule has 3 rings (SSSR count). The van der Waals surface area contributed by atoms with Crippen LogP contribution in [0.15, 0.2) is 55.0 Å². The summed E-state index contributed by atoms with van der Waals surface area (Å²) in [6.45, 7) is 0.922. The zero-order valence-corrected chi connectivity index (χ0v) is 11.8. The van der Waals surface area contributed by atoms with Crippen molar-refractivity contribution in [3.05, 3.63) is 65.6 Å². The van der Waals surface area contributed by atoms with Gasteiger partial charge >= 0.3 is 0 Å². The van der Waals surface area contributed by atoms with Crippen molar-refractivity contribution in [2.24, 2.45) is 0 Å². The standard InChI is InChI=1S/C16H16ClN3/c17-14-5-3-12(4-6-14)16-13(2-1-7-20-16)10-15-11-18-8-9-19-15/h1-9,15,18-19H,10-11H2/t15-/m1/s1. The van der Waals surface area contributed by atoms with Crippen LogP contribution in [0, 0.1) is 0 Å². The van der Waals surface area contributed by atoms with Gasteiger partial charge in [-0.25, -0.2) is 0 Å². The number of aromatic nitrogens is 1. The zero-order valence-electron chi connectivity index (χ0n) is 11.0. The highest BCUT2D eigenvalue weighted by Crippen LogP contribution is 2.24. The Bertz CT molecular complexity index is 607. The van der Waals surface area contributed by atoms with Crippen LogP contribution in [0.4, 0.5) is 0 Å². The Balaban J connectivity index is 1.87. The molecule has 0 fully saturated rings. The summed E-state index contributed by atoms with van der Waals surface area (Å²) in [7, 11) is 0. The second-order valence-corrected chi connectivity index (χ2v) is 5.26. The predicted molar refractivity (Wildman–Crippen MR) is 82.5 cm³/mol. The predicted octanol–water partition coefficient (Wildman–Crippen LogP) is 2.98. The minimum Gasteiger partial charge on any atom is -0.388 e. The van der Waals surface area contributed by atoms with E-state index in [0.29, 0.717) is 6.04 Å². The van der Waals surface area contributed by atoms with Crippen LogP contribution in [0.25, 0.3) is 11.3 Å². The van der Waals surface area contributed by atoms with Gasteiger partial charge in [-0.15, -0.1) is 0 Å². The zero-order chi connectivity index (χ0) is 13.8. The number of pyridine rings is 1. The molecule has 2 aromatic rings. The monoisotopic (exact) mass is 285 g/mol. The van der Waals surface area contributed by atoms with E-state index in [1.165, 1.54) is 5.56 Å². The first kappa shape index (κ1) is 13.0. The number of halogens is 1. The highest BCUT2D eigenvalue weighted by atomic mass is 35.5. The maximum Gasteiger partial charge on any atom is 0.0734 e. The topological polar surface area (TPSA) is 37.0 Å². The Labute approximate surface area is 123 Å². The summed E-state index contributed by atoms with van der Waals surface area (Å²) in [6, 6.07) is 12.3. The molecule has 2 heterocycles. The second kappa shape index (κ2) is 5.97. The van der Waals surface area contributed by atoms with Crippen molar-refractivity contribution < 1.29 is 0 Å². The van der Waals surface area contributed by atoms with Crippen molar-refractivity contribution >= 4 is 11.6 Å². The lowest BCUT2D eigenvalue weighted by molar-refractivity contribution is 0.534. The third-order valence-electron chi connectivity index (χ3n) is 3.37. The molecule has 1 aliphatic rings. The van der Waals surface area contributed by atoms with E-state index in [4.69, 9.17) is 11.6 Å². The largest absolute Gasteiger partial charge is 0.388 e. The van der Waals surface area contributed by atoms with Crippen LogP contribution in [0.5, 0.6) is 0 Å². The average Bonchev–Trinajstić information content (AvgIpc) is 2.50. The van der Waals surface area contributed by atoms with Crippen LogP contribution in [-0.4, -0.2) is 17.6 Å². The Morgan fingerprint density at radius 3 is 2.75 bits per heavy atom. The quantitative estimate of drug-likeness (QED) is 0.910. The molecule has 0 amide bonds. The van der Waals surface area contributed by atoms with E-state index in [0.717, 1.165) is 29.2 Å². The first-order valence-electron chi connectivity index (χ1n) is 6.67. The van der Waals surface area contributed by atoms with Gasteiger partial charge in [0.1, 0.15) is 0 Å². The van der Waals surface area contributed by atoms with Crippen molar-refractivity contribution in [3.8, 4) is 11.3 Å². The lowest BCUT2D eigenvalue weighted by atomic mass is 9.99. The Kier molecular flexibility index (Phi) is 3.88. The van der Waals surface area contributed by atoms with Crippen molar-refractivity contribution in [1.82, 2.24) is 15.6 Å². The summed E-state index contributed by atoms with van der Waals surface area (Å²) < 4.78 is 0. The molecule has 0 radical (unpaired) electrons. The van der Waals surface area contributed by atoms with E-state index in [1.54, 1.807) is 0 Å². The van der Waals surface area contributed by atoms with Crippen LogP contribution < -0.4 is 10.6 Å². The molecule has 0 spiro atoms. The fourth-order valence-electron chi connectivity index (χ4n) is 2.38. The van der Waals surface area contributed by atoms with Gasteiger partial charge < -0.3 is 10.6 Å². The van der Waals surface area contributed by atoms with Crippen molar-refractivity contribution in [3.63, 3.8) is 0 Å². The van der Waals surface area contributed by atoms with Crippen molar-refractivity contribution in [2.45, 2.75) is 12.5 Å². The second-order valence-electron chi connectivity index (χ2n) is 4.83. The van der Waals surface area contributed by atoms with Gasteiger partial charge in [0.25, 0.3) is 0 Å². The van der Waals surface area contributed by atoms with Gasteiger partial charge in [0.05, 0.1) is 5.69 Å². The lowest BCUT2D eigenvalue weighted by Crippen LogP contribution is -2.39. The van der Waals surface area contributed by atoms with Gasteiger partial charge in [-0.3, -0.25) is 4.98 Å². The van der Waals surface area contributed by atoms with Crippen LogP contribution in [0.3, 0.4) is 0 Å². The van der Waals surface area contributed by atoms with Crippen LogP contribution >= 0.6 is 11.6 Å². The van der Waals surface area contributed by atoms with Crippen LogP contribution in [-0.2, 0) is 6.42 Å². The molecule has 0 saturated heterocycles. The molecule has 1 aliphatic heterocycles. The first-order chi connectivity index (χ1) is 9.83. The van der Waals surface area contributed by atoms with E-state index in [1.807, 2.05) is 48.9 Å². The summed E-state index contributed by atoms with van der Waals surface area (Å²) in [4.78, 5) is 4.53. The maximum absolute atomic E-state index is 5.95. The van der Waals surface area contributed by atoms with E-state index < -0.39 is 0 Å². The van der Waals surface area contributed by atoms with Gasteiger partial charge in [-0.1, -0.05) is 29.8 Å². The number of hydrogen-bond acceptors (Lipinski definition) is 3. The Hall–Kier alpha value is -2.00. The summed E-state index contributed by atoms with van der Waals surface area (Å²) >= 11 is 5.95. The smallest absolute Gasteiger partial charge is 0.0734 e. The fourth-order valence-corrected chi connectivity index (χ4v) is 2.51. The summed E-state index contributed by atoms with van der Waals surface area (Å²) in [5.74, 6) is 0. The number of rotatable bonds is 3. The van der Waals surface area contributed by atoms with E-state index in [9.17, 15) is 0 Å². The van der Waals surface area contributed by atoms with Gasteiger partial charge in [-0.05, 0) is 30.2 Å². The molecule has 4 heteroatoms. The van der Waals surface area contributed by atoms with E-state index in [2.05, 4.69) is 21.7 Å². The number of nitrogens with zero attached hydrogens (tertiary/aromatic N) is 1. The molecule has 1 aromatic heterocycles. The minimum atomic E-state index is 0.384. The molecular weight excluding hydrogens is 270 g/mol. The third-order valence-corrected chi connectivity index (χ3v) is 3.62. The average molecular weight is 286 g/mol. The first-order valence-corrected chi connectivity index (χ1v) is 7.05. The maximum atomic E-state index is 5.95. The summed E-state index contributed by atoms with van der Waals surface area (Å²) in [6.07, 6.45) is 6.65. The molecule has 3 nitrogen and oxygen atoms in total. The third kappa shape index (κ3) is 2.94. The molecule has 0 saturated carbocycles. The molecule has 1 atom stereocenters. The highest BCUT2D eigenvalue weighted by molar-refractivity contribution is 6.30. The van der Waals surface area contributed by atoms with E-state index >= 15 is 0 Å². The molecule has 102 valence electrons. The van der Waals surface area contributed by atoms with Gasteiger partial charge in [-0.2, -0.15) is 0 Å². The highest BCUT2D eigenvalue weighted by Gasteiger charge is 2.13. The van der Waals surface area contributed by atoms with Crippen molar-refractivity contribution in [2.75, 3.05) is 6.54 Å². The van der Waals surface area contributed by atoms with Gasteiger partial charge in [0, 0.05) is 41.8 Å². The minimum absolute atomic E-state index is 0.384. The SMILES string of the molecule is Clc1ccc(-c2ncccc2C[C@@H]2CNC=CN2)cc1.